The van der Waals surface area contributed by atoms with E-state index in [1.165, 1.54) is 13.0 Å². The Kier molecular flexibility index (Phi) is 6.07. The van der Waals surface area contributed by atoms with Crippen LogP contribution in [0.25, 0.3) is 0 Å². The van der Waals surface area contributed by atoms with Gasteiger partial charge in [0.2, 0.25) is 10.0 Å². The van der Waals surface area contributed by atoms with Gasteiger partial charge in [-0.3, -0.25) is 0 Å². The quantitative estimate of drug-likeness (QED) is 0.745. The summed E-state index contributed by atoms with van der Waals surface area (Å²) < 4.78 is 45.3. The SMILES string of the molecule is Cc1cc(S(=O)(=O)NCCOC(C)C)cc(CO)c1F. The standard InChI is InChI=1S/C13H20FNO4S/c1-9(2)19-5-4-15-20(17,18)12-6-10(3)13(14)11(7-12)8-16/h6-7,9,15-16H,4-5,8H2,1-3H3. The minimum absolute atomic E-state index is 0.0218. The number of halogens is 1. The average molecular weight is 305 g/mol. The maximum Gasteiger partial charge on any atom is 0.240 e. The molecule has 0 bridgehead atoms. The summed E-state index contributed by atoms with van der Waals surface area (Å²) in [6.45, 7) is 4.99. The predicted molar refractivity (Wildman–Crippen MR) is 73.3 cm³/mol. The molecule has 0 aliphatic carbocycles. The number of hydrogen-bond acceptors (Lipinski definition) is 4. The third-order valence-corrected chi connectivity index (χ3v) is 4.07. The molecule has 0 radical (unpaired) electrons. The van der Waals surface area contributed by atoms with Crippen molar-refractivity contribution in [2.75, 3.05) is 13.2 Å². The van der Waals surface area contributed by atoms with E-state index in [-0.39, 0.29) is 35.3 Å². The summed E-state index contributed by atoms with van der Waals surface area (Å²) in [5.74, 6) is -0.588. The minimum Gasteiger partial charge on any atom is -0.392 e. The molecule has 20 heavy (non-hydrogen) atoms. The molecule has 0 atom stereocenters. The van der Waals surface area contributed by atoms with Gasteiger partial charge in [-0.2, -0.15) is 0 Å². The van der Waals surface area contributed by atoms with Gasteiger partial charge in [-0.15, -0.1) is 0 Å². The Labute approximate surface area is 118 Å². The van der Waals surface area contributed by atoms with E-state index < -0.39 is 22.4 Å². The monoisotopic (exact) mass is 305 g/mol. The van der Waals surface area contributed by atoms with Gasteiger partial charge >= 0.3 is 0 Å². The Morgan fingerprint density at radius 1 is 1.40 bits per heavy atom. The van der Waals surface area contributed by atoms with Crippen LogP contribution >= 0.6 is 0 Å². The topological polar surface area (TPSA) is 75.6 Å². The third kappa shape index (κ3) is 4.52. The van der Waals surface area contributed by atoms with Crippen LogP contribution < -0.4 is 4.72 Å². The highest BCUT2D eigenvalue weighted by Crippen LogP contribution is 2.19. The molecule has 1 rings (SSSR count). The Balaban J connectivity index is 2.85. The number of rotatable bonds is 7. The summed E-state index contributed by atoms with van der Waals surface area (Å²) in [5.41, 5.74) is 0.138. The molecule has 0 saturated carbocycles. The van der Waals surface area contributed by atoms with Gasteiger partial charge in [0, 0.05) is 12.1 Å². The number of nitrogens with one attached hydrogen (secondary N) is 1. The number of aryl methyl sites for hydroxylation is 1. The molecule has 0 aromatic heterocycles. The minimum atomic E-state index is -3.74. The summed E-state index contributed by atoms with van der Waals surface area (Å²) in [6, 6.07) is 2.37. The van der Waals surface area contributed by atoms with Crippen LogP contribution in [0.15, 0.2) is 17.0 Å². The first-order valence-electron chi connectivity index (χ1n) is 6.29. The molecular weight excluding hydrogens is 285 g/mol. The molecule has 7 heteroatoms. The lowest BCUT2D eigenvalue weighted by Gasteiger charge is -2.11. The van der Waals surface area contributed by atoms with Crippen LogP contribution in [-0.4, -0.2) is 32.8 Å². The lowest BCUT2D eigenvalue weighted by atomic mass is 10.1. The largest absolute Gasteiger partial charge is 0.392 e. The van der Waals surface area contributed by atoms with E-state index in [9.17, 15) is 12.8 Å². The Morgan fingerprint density at radius 2 is 2.05 bits per heavy atom. The Morgan fingerprint density at radius 3 is 2.60 bits per heavy atom. The van der Waals surface area contributed by atoms with Gasteiger partial charge in [0.1, 0.15) is 5.82 Å². The fourth-order valence-electron chi connectivity index (χ4n) is 1.63. The second-order valence-corrected chi connectivity index (χ2v) is 6.46. The third-order valence-electron chi connectivity index (χ3n) is 2.63. The molecule has 0 amide bonds. The van der Waals surface area contributed by atoms with Crippen LogP contribution in [0.5, 0.6) is 0 Å². The molecule has 5 nitrogen and oxygen atoms in total. The van der Waals surface area contributed by atoms with Gasteiger partial charge in [-0.25, -0.2) is 17.5 Å². The van der Waals surface area contributed by atoms with Crippen molar-refractivity contribution >= 4 is 10.0 Å². The number of hydrogen-bond donors (Lipinski definition) is 2. The lowest BCUT2D eigenvalue weighted by Crippen LogP contribution is -2.28. The number of aliphatic hydroxyl groups is 1. The van der Waals surface area contributed by atoms with E-state index in [1.807, 2.05) is 13.8 Å². The second kappa shape index (κ2) is 7.12. The molecule has 0 saturated heterocycles. The van der Waals surface area contributed by atoms with Crippen LogP contribution in [0.4, 0.5) is 4.39 Å². The summed E-state index contributed by atoms with van der Waals surface area (Å²) in [5, 5.41) is 9.03. The number of ether oxygens (including phenoxy) is 1. The van der Waals surface area contributed by atoms with Crippen molar-refractivity contribution in [1.29, 1.82) is 0 Å². The van der Waals surface area contributed by atoms with Crippen molar-refractivity contribution in [3.05, 3.63) is 29.1 Å². The first-order valence-corrected chi connectivity index (χ1v) is 7.77. The predicted octanol–water partition coefficient (Wildman–Crippen LogP) is 1.33. The number of aliphatic hydroxyl groups excluding tert-OH is 1. The number of sulfonamides is 1. The Bertz CT molecular complexity index is 558. The molecule has 0 aliphatic heterocycles. The van der Waals surface area contributed by atoms with Gasteiger partial charge in [0.25, 0.3) is 0 Å². The van der Waals surface area contributed by atoms with Gasteiger partial charge in [0.05, 0.1) is 24.2 Å². The second-order valence-electron chi connectivity index (χ2n) is 4.69. The van der Waals surface area contributed by atoms with Crippen LogP contribution in [0.1, 0.15) is 25.0 Å². The highest BCUT2D eigenvalue weighted by molar-refractivity contribution is 7.89. The van der Waals surface area contributed by atoms with E-state index in [0.717, 1.165) is 6.07 Å². The molecule has 2 N–H and O–H groups in total. The normalized spacial score (nSPS) is 12.1. The molecule has 0 spiro atoms. The highest BCUT2D eigenvalue weighted by Gasteiger charge is 2.17. The van der Waals surface area contributed by atoms with E-state index in [0.29, 0.717) is 0 Å². The summed E-state index contributed by atoms with van der Waals surface area (Å²) in [6.07, 6.45) is 0.0218. The average Bonchev–Trinajstić information content (AvgIpc) is 2.37. The lowest BCUT2D eigenvalue weighted by molar-refractivity contribution is 0.0834. The summed E-state index contributed by atoms with van der Waals surface area (Å²) >= 11 is 0. The molecule has 1 aromatic carbocycles. The maximum atomic E-state index is 13.6. The van der Waals surface area contributed by atoms with Crippen molar-refractivity contribution < 1.29 is 22.7 Å². The zero-order valence-electron chi connectivity index (χ0n) is 11.8. The van der Waals surface area contributed by atoms with Crippen LogP contribution in [0.3, 0.4) is 0 Å². The van der Waals surface area contributed by atoms with Gasteiger partial charge in [-0.1, -0.05) is 0 Å². The number of benzene rings is 1. The molecule has 0 heterocycles. The van der Waals surface area contributed by atoms with E-state index in [4.69, 9.17) is 9.84 Å². The molecule has 1 aromatic rings. The van der Waals surface area contributed by atoms with Crippen molar-refractivity contribution in [2.24, 2.45) is 0 Å². The van der Waals surface area contributed by atoms with Crippen molar-refractivity contribution in [2.45, 2.75) is 38.4 Å². The summed E-state index contributed by atoms with van der Waals surface area (Å²) in [4.78, 5) is -0.0648. The van der Waals surface area contributed by atoms with Crippen molar-refractivity contribution in [3.63, 3.8) is 0 Å². The van der Waals surface area contributed by atoms with Gasteiger partial charge in [-0.05, 0) is 38.5 Å². The first kappa shape index (κ1) is 17.0. The van der Waals surface area contributed by atoms with Crippen LogP contribution in [-0.2, 0) is 21.4 Å². The van der Waals surface area contributed by atoms with E-state index in [1.54, 1.807) is 0 Å². The van der Waals surface area contributed by atoms with E-state index in [2.05, 4.69) is 4.72 Å². The van der Waals surface area contributed by atoms with Gasteiger partial charge in [0.15, 0.2) is 0 Å². The van der Waals surface area contributed by atoms with Crippen molar-refractivity contribution in [3.8, 4) is 0 Å². The fourth-order valence-corrected chi connectivity index (χ4v) is 2.78. The van der Waals surface area contributed by atoms with E-state index >= 15 is 0 Å². The zero-order chi connectivity index (χ0) is 15.3. The molecule has 114 valence electrons. The zero-order valence-corrected chi connectivity index (χ0v) is 12.6. The fraction of sp³-hybridized carbons (Fsp3) is 0.538. The van der Waals surface area contributed by atoms with Crippen molar-refractivity contribution in [1.82, 2.24) is 4.72 Å². The first-order chi connectivity index (χ1) is 9.27. The molecule has 0 fully saturated rings. The van der Waals surface area contributed by atoms with Gasteiger partial charge < -0.3 is 9.84 Å². The molecule has 0 unspecified atom stereocenters. The van der Waals surface area contributed by atoms with Crippen LogP contribution in [0.2, 0.25) is 0 Å². The molecular formula is C13H20FNO4S. The highest BCUT2D eigenvalue weighted by atomic mass is 32.2. The van der Waals surface area contributed by atoms with Crippen LogP contribution in [0, 0.1) is 12.7 Å². The summed E-state index contributed by atoms with van der Waals surface area (Å²) in [7, 11) is -3.74. The maximum absolute atomic E-state index is 13.6. The molecule has 0 aliphatic rings. The smallest absolute Gasteiger partial charge is 0.240 e. The Hall–Kier alpha value is -1.02.